The average Bonchev–Trinajstić information content (AvgIpc) is 2.31. The maximum atomic E-state index is 9.87. The second-order valence-electron chi connectivity index (χ2n) is 3.36. The Morgan fingerprint density at radius 3 is 1.94 bits per heavy atom. The molecule has 0 unspecified atom stereocenters. The van der Waals surface area contributed by atoms with Crippen molar-refractivity contribution >= 4 is 7.81 Å². The first-order valence-corrected chi connectivity index (χ1v) is 6.42. The van der Waals surface area contributed by atoms with Crippen LogP contribution in [-0.4, -0.2) is 4.57 Å². The van der Waals surface area contributed by atoms with Gasteiger partial charge in [-0.05, 0) is 0 Å². The number of imidazole rings is 1. The van der Waals surface area contributed by atoms with Crippen LogP contribution >= 0.6 is 7.81 Å². The Bertz CT molecular complexity index is 393. The summed E-state index contributed by atoms with van der Waals surface area (Å²) in [6.45, 7) is 6.66. The van der Waals surface area contributed by atoms with Crippen molar-refractivity contribution in [3.05, 3.63) is 30.9 Å². The molecule has 1 rings (SSSR count). The molecule has 17 heavy (non-hydrogen) atoms. The Labute approximate surface area is 94.4 Å². The molecule has 1 aromatic rings. The summed E-state index contributed by atoms with van der Waals surface area (Å²) >= 11 is 0. The third kappa shape index (κ3) is 11.2. The molecule has 9 heteroatoms. The molecule has 0 aliphatic rings. The van der Waals surface area contributed by atoms with E-state index >= 15 is 0 Å². The fraction of sp³-hybridized carbons (Fsp3) is 0.375. The third-order valence-electron chi connectivity index (χ3n) is 1.72. The summed E-state index contributed by atoms with van der Waals surface area (Å²) in [5.41, 5.74) is 0. The van der Waals surface area contributed by atoms with Crippen LogP contribution in [0.5, 0.6) is 0 Å². The number of nitrogens with zero attached hydrogens (tertiary/aromatic N) is 2. The second-order valence-corrected chi connectivity index (χ2v) is 5.27. The van der Waals surface area contributed by atoms with Crippen LogP contribution in [0.2, 0.25) is 0 Å². The number of halogens is 6. The fourth-order valence-electron chi connectivity index (χ4n) is 0.931. The summed E-state index contributed by atoms with van der Waals surface area (Å²) < 4.78 is 63.4. The van der Waals surface area contributed by atoms with E-state index in [-0.39, 0.29) is 0 Å². The predicted molar refractivity (Wildman–Crippen MR) is 54.1 cm³/mol. The Hall–Kier alpha value is -1.04. The van der Waals surface area contributed by atoms with Gasteiger partial charge in [0.2, 0.25) is 0 Å². The van der Waals surface area contributed by atoms with E-state index in [0.29, 0.717) is 0 Å². The topological polar surface area (TPSA) is 8.81 Å². The van der Waals surface area contributed by atoms with Gasteiger partial charge in [0.25, 0.3) is 5.82 Å². The molecule has 0 radical (unpaired) electrons. The van der Waals surface area contributed by atoms with Crippen LogP contribution in [0.1, 0.15) is 5.82 Å². The SMILES string of the molecule is C=CC[n+]1ccn(C)c1C.F[P-](F)(F)(F)(F)F. The van der Waals surface area contributed by atoms with E-state index < -0.39 is 7.81 Å². The molecule has 0 amide bonds. The van der Waals surface area contributed by atoms with Crippen molar-refractivity contribution in [2.75, 3.05) is 0 Å². The van der Waals surface area contributed by atoms with Gasteiger partial charge in [-0.25, -0.2) is 9.13 Å². The van der Waals surface area contributed by atoms with Gasteiger partial charge >= 0.3 is 33.0 Å². The molecular weight excluding hydrogens is 269 g/mol. The van der Waals surface area contributed by atoms with E-state index in [1.54, 1.807) is 0 Å². The van der Waals surface area contributed by atoms with Gasteiger partial charge in [0.15, 0.2) is 0 Å². The first kappa shape index (κ1) is 16.0. The summed E-state index contributed by atoms with van der Waals surface area (Å²) in [5, 5.41) is 0. The van der Waals surface area contributed by atoms with Crippen LogP contribution in [0.15, 0.2) is 25.0 Å². The van der Waals surface area contributed by atoms with E-state index in [1.807, 2.05) is 19.3 Å². The van der Waals surface area contributed by atoms with Crippen molar-refractivity contribution in [3.8, 4) is 0 Å². The number of aromatic nitrogens is 2. The van der Waals surface area contributed by atoms with Crippen molar-refractivity contribution in [1.29, 1.82) is 0 Å². The monoisotopic (exact) mass is 282 g/mol. The van der Waals surface area contributed by atoms with Gasteiger partial charge in [0.1, 0.15) is 18.9 Å². The molecule has 0 saturated carbocycles. The van der Waals surface area contributed by atoms with Crippen LogP contribution in [0.4, 0.5) is 25.2 Å². The molecule has 0 bridgehead atoms. The Balaban J connectivity index is 0.000000325. The standard InChI is InChI=1S/C8H13N2.F6P/c1-4-5-10-7-6-9(3)8(10)2;1-7(2,3,4,5)6/h4,6-7H,1,5H2,2-3H3;/q+1;-1. The Morgan fingerprint density at radius 2 is 1.71 bits per heavy atom. The number of rotatable bonds is 2. The van der Waals surface area contributed by atoms with E-state index in [0.717, 1.165) is 6.54 Å². The molecule has 1 aromatic heterocycles. The molecule has 0 fully saturated rings. The molecule has 0 aromatic carbocycles. The third-order valence-corrected chi connectivity index (χ3v) is 1.72. The molecule has 2 nitrogen and oxygen atoms in total. The van der Waals surface area contributed by atoms with Gasteiger partial charge < -0.3 is 0 Å². The molecule has 102 valence electrons. The van der Waals surface area contributed by atoms with Gasteiger partial charge in [-0.2, -0.15) is 0 Å². The molecule has 0 N–H and O–H groups in total. The minimum absolute atomic E-state index is 0.896. The van der Waals surface area contributed by atoms with Gasteiger partial charge in [-0.3, -0.25) is 0 Å². The summed E-state index contributed by atoms with van der Waals surface area (Å²) in [5.74, 6) is 1.25. The zero-order valence-corrected chi connectivity index (χ0v) is 10.2. The van der Waals surface area contributed by atoms with E-state index in [9.17, 15) is 25.2 Å². The Morgan fingerprint density at radius 1 is 1.29 bits per heavy atom. The van der Waals surface area contributed by atoms with Gasteiger partial charge in [0, 0.05) is 6.92 Å². The number of hydrogen-bond donors (Lipinski definition) is 0. The van der Waals surface area contributed by atoms with Crippen LogP contribution in [0.25, 0.3) is 0 Å². The molecule has 0 aliphatic heterocycles. The normalized spacial score (nSPS) is 15.3. The van der Waals surface area contributed by atoms with E-state index in [1.165, 1.54) is 5.82 Å². The molecule has 0 atom stereocenters. The van der Waals surface area contributed by atoms with Gasteiger partial charge in [-0.15, -0.1) is 0 Å². The number of hydrogen-bond acceptors (Lipinski definition) is 0. The first-order chi connectivity index (χ1) is 7.20. The summed E-state index contributed by atoms with van der Waals surface area (Å²) in [6, 6.07) is 0. The summed E-state index contributed by atoms with van der Waals surface area (Å²) in [4.78, 5) is 0. The van der Waals surface area contributed by atoms with Crippen molar-refractivity contribution in [3.63, 3.8) is 0 Å². The maximum absolute atomic E-state index is 10.7. The zero-order chi connectivity index (χ0) is 14.0. The average molecular weight is 282 g/mol. The van der Waals surface area contributed by atoms with E-state index in [2.05, 4.69) is 28.8 Å². The van der Waals surface area contributed by atoms with Gasteiger partial charge in [-0.1, -0.05) is 12.7 Å². The van der Waals surface area contributed by atoms with Crippen molar-refractivity contribution in [2.45, 2.75) is 13.5 Å². The van der Waals surface area contributed by atoms with E-state index in [4.69, 9.17) is 0 Å². The molecule has 0 saturated heterocycles. The first-order valence-electron chi connectivity index (χ1n) is 4.39. The molecule has 0 aliphatic carbocycles. The molecule has 0 spiro atoms. The van der Waals surface area contributed by atoms with Gasteiger partial charge in [0.05, 0.1) is 7.05 Å². The molecular formula is C8H13F6N2P. The summed E-state index contributed by atoms with van der Waals surface area (Å²) in [6.07, 6.45) is 5.99. The van der Waals surface area contributed by atoms with Crippen molar-refractivity contribution in [2.24, 2.45) is 7.05 Å². The van der Waals surface area contributed by atoms with Crippen molar-refractivity contribution < 1.29 is 29.7 Å². The van der Waals surface area contributed by atoms with Crippen LogP contribution in [0, 0.1) is 6.92 Å². The van der Waals surface area contributed by atoms with Crippen molar-refractivity contribution in [1.82, 2.24) is 4.57 Å². The molecule has 1 heterocycles. The zero-order valence-electron chi connectivity index (χ0n) is 9.26. The summed E-state index contributed by atoms with van der Waals surface area (Å²) in [7, 11) is -8.62. The number of allylic oxidation sites excluding steroid dienone is 1. The predicted octanol–water partition coefficient (Wildman–Crippen LogP) is 4.19. The fourth-order valence-corrected chi connectivity index (χ4v) is 0.931. The Kier molecular flexibility index (Phi) is 3.77. The van der Waals surface area contributed by atoms with Crippen LogP contribution in [0.3, 0.4) is 0 Å². The quantitative estimate of drug-likeness (QED) is 0.333. The minimum atomic E-state index is -10.7. The number of aryl methyl sites for hydroxylation is 1. The van der Waals surface area contributed by atoms with Crippen LogP contribution < -0.4 is 4.57 Å². The van der Waals surface area contributed by atoms with Crippen LogP contribution in [-0.2, 0) is 13.6 Å². The second kappa shape index (κ2) is 4.01.